The summed E-state index contributed by atoms with van der Waals surface area (Å²) in [7, 11) is 0. The molecule has 6 rings (SSSR count). The number of aromatic nitrogens is 1. The molecule has 3 aliphatic rings. The number of aryl methyl sites for hydroxylation is 2. The third kappa shape index (κ3) is 5.62. The number of pyridine rings is 1. The number of nitrogens with zero attached hydrogens (tertiary/aromatic N) is 2. The number of benzene rings is 2. The Morgan fingerprint density at radius 3 is 2.49 bits per heavy atom. The zero-order chi connectivity index (χ0) is 30.3. The molecule has 2 amide bonds. The third-order valence-corrected chi connectivity index (χ3v) is 8.60. The van der Waals surface area contributed by atoms with Crippen LogP contribution >= 0.6 is 0 Å². The summed E-state index contributed by atoms with van der Waals surface area (Å²) in [5.74, 6) is -1.68. The fourth-order valence-electron chi connectivity index (χ4n) is 6.40. The van der Waals surface area contributed by atoms with Gasteiger partial charge in [-0.3, -0.25) is 14.6 Å². The highest BCUT2D eigenvalue weighted by Gasteiger charge is 2.52. The van der Waals surface area contributed by atoms with E-state index in [2.05, 4.69) is 5.32 Å². The van der Waals surface area contributed by atoms with Crippen molar-refractivity contribution in [1.82, 2.24) is 15.2 Å². The topological polar surface area (TPSA) is 88.6 Å². The summed E-state index contributed by atoms with van der Waals surface area (Å²) in [6, 6.07) is 14.3. The molecule has 10 heteroatoms. The Kier molecular flexibility index (Phi) is 7.70. The second-order valence-corrected chi connectivity index (χ2v) is 11.3. The fraction of sp³-hybridized carbons (Fsp3) is 0.394. The number of nitrogens with one attached hydrogen (secondary N) is 1. The van der Waals surface area contributed by atoms with Gasteiger partial charge in [-0.15, -0.1) is 0 Å². The zero-order valence-corrected chi connectivity index (χ0v) is 23.7. The maximum atomic E-state index is 13.7. The number of halogens is 3. The minimum Gasteiger partial charge on any atom is -0.462 e. The summed E-state index contributed by atoms with van der Waals surface area (Å²) in [4.78, 5) is 47.1. The highest BCUT2D eigenvalue weighted by molar-refractivity contribution is 6.05. The summed E-state index contributed by atoms with van der Waals surface area (Å²) in [6.45, 7) is 2.77. The fourth-order valence-corrected chi connectivity index (χ4v) is 6.40. The molecule has 7 nitrogen and oxygen atoms in total. The first kappa shape index (κ1) is 28.9. The lowest BCUT2D eigenvalue weighted by atomic mass is 9.90. The number of fused-ring (bicyclic) bond motifs is 3. The summed E-state index contributed by atoms with van der Waals surface area (Å²) < 4.78 is 44.7. The van der Waals surface area contributed by atoms with Crippen molar-refractivity contribution in [2.24, 2.45) is 5.92 Å². The number of ether oxygens (including phenoxy) is 1. The molecule has 0 spiro atoms. The lowest BCUT2D eigenvalue weighted by molar-refractivity contribution is -0.137. The van der Waals surface area contributed by atoms with Gasteiger partial charge in [-0.25, -0.2) is 4.79 Å². The van der Waals surface area contributed by atoms with Crippen LogP contribution in [0.2, 0.25) is 0 Å². The minimum absolute atomic E-state index is 0.113. The van der Waals surface area contributed by atoms with Crippen LogP contribution < -0.4 is 5.32 Å². The van der Waals surface area contributed by atoms with Gasteiger partial charge >= 0.3 is 12.1 Å². The van der Waals surface area contributed by atoms with Gasteiger partial charge < -0.3 is 15.0 Å². The van der Waals surface area contributed by atoms with Crippen LogP contribution in [0.25, 0.3) is 0 Å². The molecular formula is C33H32F3N3O4. The smallest absolute Gasteiger partial charge is 0.416 e. The largest absolute Gasteiger partial charge is 0.462 e. The summed E-state index contributed by atoms with van der Waals surface area (Å²) >= 11 is 0. The first-order chi connectivity index (χ1) is 20.7. The minimum atomic E-state index is -4.43. The standard InChI is InChI=1S/C33H32F3N3O4/c1-2-43-32(42)27-24(15-12-19-10-13-21(14-11-19)33(34,35)36)38-29-25-9-6-16-39(25)31(41)28(29)26(27)22-17-23(22)30(40)37-18-20-7-4-3-5-8-20/h3-5,7-8,10-11,13-14,22-23,25H,2,6,9,12,15-18H2,1H3,(H,37,40)/t22?,23?,25-/m0/s1. The summed E-state index contributed by atoms with van der Waals surface area (Å²) in [6.07, 6.45) is -1.74. The number of alkyl halides is 3. The predicted molar refractivity (Wildman–Crippen MR) is 151 cm³/mol. The molecule has 2 aromatic carbocycles. The molecule has 43 heavy (non-hydrogen) atoms. The monoisotopic (exact) mass is 591 g/mol. The lowest BCUT2D eigenvalue weighted by Crippen LogP contribution is -2.26. The Bertz CT molecular complexity index is 1560. The van der Waals surface area contributed by atoms with Crippen molar-refractivity contribution in [3.05, 3.63) is 99.4 Å². The van der Waals surface area contributed by atoms with Crippen molar-refractivity contribution >= 4 is 17.8 Å². The van der Waals surface area contributed by atoms with Gasteiger partial charge in [0.25, 0.3) is 5.91 Å². The van der Waals surface area contributed by atoms with Crippen LogP contribution in [-0.2, 0) is 35.1 Å². The molecule has 2 fully saturated rings. The van der Waals surface area contributed by atoms with E-state index in [1.54, 1.807) is 11.8 Å². The van der Waals surface area contributed by atoms with Crippen molar-refractivity contribution in [1.29, 1.82) is 0 Å². The Balaban J connectivity index is 1.35. The van der Waals surface area contributed by atoms with Gasteiger partial charge in [0, 0.05) is 19.0 Å². The van der Waals surface area contributed by atoms with Gasteiger partial charge in [0.2, 0.25) is 5.91 Å². The second-order valence-electron chi connectivity index (χ2n) is 11.3. The maximum absolute atomic E-state index is 13.7. The van der Waals surface area contributed by atoms with E-state index in [4.69, 9.17) is 9.72 Å². The quantitative estimate of drug-likeness (QED) is 0.319. The molecule has 3 heterocycles. The molecule has 3 aromatic rings. The van der Waals surface area contributed by atoms with Gasteiger partial charge in [0.05, 0.1) is 40.7 Å². The van der Waals surface area contributed by atoms with Crippen LogP contribution in [0.3, 0.4) is 0 Å². The van der Waals surface area contributed by atoms with Gasteiger partial charge in [-0.1, -0.05) is 42.5 Å². The van der Waals surface area contributed by atoms with Gasteiger partial charge in [-0.05, 0) is 73.8 Å². The molecule has 1 N–H and O–H groups in total. The van der Waals surface area contributed by atoms with E-state index >= 15 is 0 Å². The summed E-state index contributed by atoms with van der Waals surface area (Å²) in [5.41, 5.74) is 3.13. The first-order valence-corrected chi connectivity index (χ1v) is 14.7. The van der Waals surface area contributed by atoms with Crippen molar-refractivity contribution in [3.63, 3.8) is 0 Å². The van der Waals surface area contributed by atoms with Crippen molar-refractivity contribution in [2.75, 3.05) is 13.2 Å². The lowest BCUT2D eigenvalue weighted by Gasteiger charge is -2.18. The van der Waals surface area contributed by atoms with Crippen molar-refractivity contribution < 1.29 is 32.3 Å². The Morgan fingerprint density at radius 2 is 1.79 bits per heavy atom. The number of esters is 1. The average Bonchev–Trinajstić information content (AvgIpc) is 3.56. The van der Waals surface area contributed by atoms with Gasteiger partial charge in [0.1, 0.15) is 0 Å². The highest BCUT2D eigenvalue weighted by atomic mass is 19.4. The number of rotatable bonds is 9. The van der Waals surface area contributed by atoms with Crippen LogP contribution in [0.1, 0.15) is 92.5 Å². The second kappa shape index (κ2) is 11.5. The number of hydrogen-bond acceptors (Lipinski definition) is 5. The Hall–Kier alpha value is -4.21. The van der Waals surface area contributed by atoms with Crippen molar-refractivity contribution in [3.8, 4) is 0 Å². The number of carbonyl (C=O) groups excluding carboxylic acids is 3. The molecular weight excluding hydrogens is 559 g/mol. The SMILES string of the molecule is CCOC(=O)c1c(CCc2ccc(C(F)(F)F)cc2)nc2c(c1C1CC1C(=O)NCc1ccccc1)C(=O)N1CCC[C@@H]21. The maximum Gasteiger partial charge on any atom is 0.416 e. The molecule has 1 aromatic heterocycles. The molecule has 224 valence electrons. The van der Waals surface area contributed by atoms with E-state index in [0.29, 0.717) is 54.0 Å². The van der Waals surface area contributed by atoms with Crippen LogP contribution in [0.5, 0.6) is 0 Å². The van der Waals surface area contributed by atoms with Gasteiger partial charge in [0.15, 0.2) is 0 Å². The number of hydrogen-bond donors (Lipinski definition) is 1. The molecule has 3 atom stereocenters. The normalized spacial score (nSPS) is 20.5. The van der Waals surface area contributed by atoms with Crippen LogP contribution in [0, 0.1) is 5.92 Å². The third-order valence-electron chi connectivity index (χ3n) is 8.60. The van der Waals surface area contributed by atoms with E-state index in [1.165, 1.54) is 12.1 Å². The molecule has 2 aliphatic heterocycles. The van der Waals surface area contributed by atoms with Crippen LogP contribution in [0.4, 0.5) is 13.2 Å². The van der Waals surface area contributed by atoms with E-state index in [1.807, 2.05) is 30.3 Å². The van der Waals surface area contributed by atoms with E-state index < -0.39 is 23.6 Å². The van der Waals surface area contributed by atoms with E-state index in [-0.39, 0.29) is 42.4 Å². The number of carbonyl (C=O) groups is 3. The summed E-state index contributed by atoms with van der Waals surface area (Å²) in [5, 5.41) is 2.98. The molecule has 0 bridgehead atoms. The molecule has 0 radical (unpaired) electrons. The first-order valence-electron chi connectivity index (χ1n) is 14.7. The van der Waals surface area contributed by atoms with E-state index in [0.717, 1.165) is 30.5 Å². The van der Waals surface area contributed by atoms with Crippen LogP contribution in [0.15, 0.2) is 54.6 Å². The molecule has 1 aliphatic carbocycles. The van der Waals surface area contributed by atoms with Crippen molar-refractivity contribution in [2.45, 2.75) is 63.7 Å². The molecule has 1 saturated heterocycles. The molecule has 2 unspecified atom stereocenters. The number of amides is 2. The average molecular weight is 592 g/mol. The zero-order valence-electron chi connectivity index (χ0n) is 23.7. The van der Waals surface area contributed by atoms with Crippen LogP contribution in [-0.4, -0.2) is 40.8 Å². The highest BCUT2D eigenvalue weighted by Crippen LogP contribution is 2.54. The Morgan fingerprint density at radius 1 is 1.05 bits per heavy atom. The van der Waals surface area contributed by atoms with E-state index in [9.17, 15) is 27.6 Å². The Labute approximate surface area is 247 Å². The van der Waals surface area contributed by atoms with Gasteiger partial charge in [-0.2, -0.15) is 13.2 Å². The predicted octanol–water partition coefficient (Wildman–Crippen LogP) is 5.77. The molecule has 1 saturated carbocycles.